The fourth-order valence-corrected chi connectivity index (χ4v) is 2.60. The molecule has 3 rings (SSSR count). The lowest BCUT2D eigenvalue weighted by Crippen LogP contribution is -2.28. The van der Waals surface area contributed by atoms with Crippen molar-refractivity contribution in [2.24, 2.45) is 0 Å². The number of ether oxygens (including phenoxy) is 1. The van der Waals surface area contributed by atoms with Crippen LogP contribution in [-0.4, -0.2) is 17.6 Å². The highest BCUT2D eigenvalue weighted by Gasteiger charge is 2.13. The van der Waals surface area contributed by atoms with Crippen LogP contribution in [0.25, 0.3) is 11.3 Å². The quantitative estimate of drug-likeness (QED) is 0.586. The van der Waals surface area contributed by atoms with Gasteiger partial charge in [-0.3, -0.25) is 0 Å². The zero-order chi connectivity index (χ0) is 20.1. The molecule has 0 radical (unpaired) electrons. The highest BCUT2D eigenvalue weighted by Crippen LogP contribution is 2.26. The average molecular weight is 408 g/mol. The average Bonchev–Trinajstić information content (AvgIpc) is 3.01. The molecule has 0 fully saturated rings. The summed E-state index contributed by atoms with van der Waals surface area (Å²) in [6.07, 6.45) is 0. The van der Waals surface area contributed by atoms with Crippen LogP contribution in [-0.2, 0) is 6.54 Å². The van der Waals surface area contributed by atoms with Gasteiger partial charge in [0.25, 0.3) is 0 Å². The van der Waals surface area contributed by atoms with Crippen LogP contribution in [0.1, 0.15) is 11.6 Å². The fraction of sp³-hybridized carbons (Fsp3) is 0.158. The Labute approximate surface area is 164 Å². The first-order valence-corrected chi connectivity index (χ1v) is 8.60. The number of hydrogen-bond donors (Lipinski definition) is 2. The topological polar surface area (TPSA) is 76.4 Å². The lowest BCUT2D eigenvalue weighted by atomic mass is 10.1. The fourth-order valence-electron chi connectivity index (χ4n) is 2.48. The lowest BCUT2D eigenvalue weighted by Gasteiger charge is -2.08. The molecule has 28 heavy (non-hydrogen) atoms. The molecule has 0 saturated carbocycles. The zero-order valence-corrected chi connectivity index (χ0v) is 15.5. The van der Waals surface area contributed by atoms with Crippen LogP contribution >= 0.6 is 11.6 Å². The molecule has 0 aliphatic carbocycles. The molecule has 146 valence electrons. The van der Waals surface area contributed by atoms with Gasteiger partial charge >= 0.3 is 12.6 Å². The molecule has 1 heterocycles. The van der Waals surface area contributed by atoms with E-state index in [1.165, 1.54) is 18.2 Å². The van der Waals surface area contributed by atoms with Crippen LogP contribution in [0.2, 0.25) is 5.02 Å². The van der Waals surface area contributed by atoms with Gasteiger partial charge in [0.15, 0.2) is 5.76 Å². The molecular formula is C19H16ClF2N3O3. The first-order chi connectivity index (χ1) is 13.4. The number of alkyl halides is 2. The molecule has 2 amide bonds. The van der Waals surface area contributed by atoms with Crippen LogP contribution in [0.15, 0.2) is 52.9 Å². The summed E-state index contributed by atoms with van der Waals surface area (Å²) in [4.78, 5) is 16.3. The molecule has 0 aliphatic heterocycles. The van der Waals surface area contributed by atoms with E-state index in [2.05, 4.69) is 20.4 Å². The highest BCUT2D eigenvalue weighted by molar-refractivity contribution is 6.30. The van der Waals surface area contributed by atoms with Gasteiger partial charge in [-0.25, -0.2) is 9.78 Å². The smallest absolute Gasteiger partial charge is 0.387 e. The Hall–Kier alpha value is -3.13. The van der Waals surface area contributed by atoms with E-state index in [0.29, 0.717) is 28.1 Å². The number of urea groups is 1. The first kappa shape index (κ1) is 19.6. The molecule has 0 bridgehead atoms. The van der Waals surface area contributed by atoms with E-state index in [1.54, 1.807) is 25.1 Å². The van der Waals surface area contributed by atoms with Crippen molar-refractivity contribution in [2.75, 3.05) is 5.32 Å². The van der Waals surface area contributed by atoms with Gasteiger partial charge in [-0.15, -0.1) is 0 Å². The van der Waals surface area contributed by atoms with Crippen molar-refractivity contribution in [3.63, 3.8) is 0 Å². The van der Waals surface area contributed by atoms with E-state index in [1.807, 2.05) is 12.1 Å². The van der Waals surface area contributed by atoms with Crippen molar-refractivity contribution in [3.05, 3.63) is 65.1 Å². The number of benzene rings is 2. The number of carbonyl (C=O) groups is 1. The van der Waals surface area contributed by atoms with Crippen molar-refractivity contribution in [1.82, 2.24) is 10.3 Å². The molecule has 6 nitrogen and oxygen atoms in total. The van der Waals surface area contributed by atoms with E-state index < -0.39 is 12.6 Å². The monoisotopic (exact) mass is 407 g/mol. The Kier molecular flexibility index (Phi) is 6.10. The Bertz CT molecular complexity index is 961. The van der Waals surface area contributed by atoms with Crippen molar-refractivity contribution < 1.29 is 22.7 Å². The molecule has 0 unspecified atom stereocenters. The van der Waals surface area contributed by atoms with Crippen LogP contribution in [0.5, 0.6) is 5.75 Å². The van der Waals surface area contributed by atoms with E-state index in [0.717, 1.165) is 5.56 Å². The van der Waals surface area contributed by atoms with E-state index in [4.69, 9.17) is 16.0 Å². The van der Waals surface area contributed by atoms with E-state index >= 15 is 0 Å². The summed E-state index contributed by atoms with van der Waals surface area (Å²) in [7, 11) is 0. The summed E-state index contributed by atoms with van der Waals surface area (Å²) in [5, 5.41) is 5.73. The predicted octanol–water partition coefficient (Wildman–Crippen LogP) is 5.23. The number of nitrogens with zero attached hydrogens (tertiary/aromatic N) is 1. The summed E-state index contributed by atoms with van der Waals surface area (Å²) in [5.41, 5.74) is 1.80. The van der Waals surface area contributed by atoms with Crippen molar-refractivity contribution in [1.29, 1.82) is 0 Å². The van der Waals surface area contributed by atoms with Gasteiger partial charge in [0.05, 0.1) is 12.2 Å². The molecular weight excluding hydrogens is 392 g/mol. The number of nitrogens with one attached hydrogen (secondary N) is 2. The summed E-state index contributed by atoms with van der Waals surface area (Å²) >= 11 is 5.88. The van der Waals surface area contributed by atoms with Crippen molar-refractivity contribution in [2.45, 2.75) is 20.1 Å². The molecule has 1 aromatic heterocycles. The minimum atomic E-state index is -2.94. The van der Waals surface area contributed by atoms with Crippen molar-refractivity contribution >= 4 is 23.3 Å². The number of hydrogen-bond acceptors (Lipinski definition) is 4. The predicted molar refractivity (Wildman–Crippen MR) is 101 cm³/mol. The summed E-state index contributed by atoms with van der Waals surface area (Å²) < 4.78 is 34.5. The molecule has 0 saturated heterocycles. The van der Waals surface area contributed by atoms with Crippen LogP contribution in [0.4, 0.5) is 19.3 Å². The number of carbonyl (C=O) groups excluding carboxylic acids is 1. The standard InChI is InChI=1S/C19H16ClF2N3O3/c1-11-17(12-5-7-13(20)8-6-12)28-16(24-11)10-23-19(26)25-14-3-2-4-15(9-14)27-18(21)22/h2-9,18H,10H2,1H3,(H2,23,25,26). The Morgan fingerprint density at radius 3 is 2.71 bits per heavy atom. The maximum absolute atomic E-state index is 12.3. The number of halogens is 3. The second-order valence-electron chi connectivity index (χ2n) is 5.74. The number of amides is 2. The Balaban J connectivity index is 1.59. The molecule has 3 aromatic rings. The number of oxazole rings is 1. The Morgan fingerprint density at radius 1 is 1.25 bits per heavy atom. The third-order valence-electron chi connectivity index (χ3n) is 3.66. The molecule has 0 aliphatic rings. The number of aromatic nitrogens is 1. The Morgan fingerprint density at radius 2 is 2.00 bits per heavy atom. The minimum Gasteiger partial charge on any atom is -0.438 e. The van der Waals surface area contributed by atoms with Crippen molar-refractivity contribution in [3.8, 4) is 17.1 Å². The second kappa shape index (κ2) is 8.71. The second-order valence-corrected chi connectivity index (χ2v) is 6.18. The largest absolute Gasteiger partial charge is 0.438 e. The third kappa shape index (κ3) is 5.20. The zero-order valence-electron chi connectivity index (χ0n) is 14.7. The number of anilines is 1. The number of rotatable bonds is 6. The maximum atomic E-state index is 12.3. The van der Waals surface area contributed by atoms with Gasteiger partial charge in [0.1, 0.15) is 5.75 Å². The maximum Gasteiger partial charge on any atom is 0.387 e. The normalized spacial score (nSPS) is 10.8. The van der Waals surface area contributed by atoms with Gasteiger partial charge in [-0.1, -0.05) is 17.7 Å². The molecule has 9 heteroatoms. The van der Waals surface area contributed by atoms with Crippen LogP contribution < -0.4 is 15.4 Å². The van der Waals surface area contributed by atoms with E-state index in [9.17, 15) is 13.6 Å². The molecule has 0 spiro atoms. The lowest BCUT2D eigenvalue weighted by molar-refractivity contribution is -0.0497. The van der Waals surface area contributed by atoms with Gasteiger partial charge in [0.2, 0.25) is 5.89 Å². The first-order valence-electron chi connectivity index (χ1n) is 8.22. The minimum absolute atomic E-state index is 0.0491. The molecule has 2 aromatic carbocycles. The summed E-state index contributed by atoms with van der Waals surface area (Å²) in [6, 6.07) is 12.3. The molecule has 2 N–H and O–H groups in total. The van der Waals surface area contributed by atoms with Crippen LogP contribution in [0.3, 0.4) is 0 Å². The van der Waals surface area contributed by atoms with Gasteiger partial charge in [-0.2, -0.15) is 8.78 Å². The molecule has 0 atom stereocenters. The van der Waals surface area contributed by atoms with Gasteiger partial charge in [0, 0.05) is 22.3 Å². The number of aryl methyl sites for hydroxylation is 1. The summed E-state index contributed by atoms with van der Waals surface area (Å²) in [6.45, 7) is -1.09. The summed E-state index contributed by atoms with van der Waals surface area (Å²) in [5.74, 6) is 0.863. The van der Waals surface area contributed by atoms with Gasteiger partial charge in [-0.05, 0) is 43.3 Å². The third-order valence-corrected chi connectivity index (χ3v) is 3.92. The SMILES string of the molecule is Cc1nc(CNC(=O)Nc2cccc(OC(F)F)c2)oc1-c1ccc(Cl)cc1. The van der Waals surface area contributed by atoms with E-state index in [-0.39, 0.29) is 12.3 Å². The van der Waals surface area contributed by atoms with Gasteiger partial charge < -0.3 is 19.8 Å². The van der Waals surface area contributed by atoms with Crippen LogP contribution in [0, 0.1) is 6.92 Å². The highest BCUT2D eigenvalue weighted by atomic mass is 35.5.